The van der Waals surface area contributed by atoms with Gasteiger partial charge in [-0.25, -0.2) is 19.8 Å². The summed E-state index contributed by atoms with van der Waals surface area (Å²) < 4.78 is 14.1. The van der Waals surface area contributed by atoms with Crippen molar-refractivity contribution in [2.45, 2.75) is 42.0 Å². The van der Waals surface area contributed by atoms with Gasteiger partial charge in [0.05, 0.1) is 32.9 Å². The van der Waals surface area contributed by atoms with Gasteiger partial charge >= 0.3 is 5.97 Å². The van der Waals surface area contributed by atoms with Gasteiger partial charge in [-0.3, -0.25) is 9.36 Å². The molecule has 1 aliphatic rings. The zero-order valence-corrected chi connectivity index (χ0v) is 25.5. The zero-order valence-electron chi connectivity index (χ0n) is 21.4. The topological polar surface area (TPSA) is 99.6 Å². The van der Waals surface area contributed by atoms with Crippen molar-refractivity contribution in [2.75, 3.05) is 12.9 Å². The van der Waals surface area contributed by atoms with Crippen molar-refractivity contribution in [1.82, 2.24) is 14.5 Å². The van der Waals surface area contributed by atoms with Gasteiger partial charge in [-0.05, 0) is 84.5 Å². The quantitative estimate of drug-likeness (QED) is 0.155. The fourth-order valence-electron chi connectivity index (χ4n) is 4.09. The molecule has 4 heterocycles. The van der Waals surface area contributed by atoms with Gasteiger partial charge in [0.2, 0.25) is 0 Å². The first kappa shape index (κ1) is 27.6. The maximum atomic E-state index is 13.8. The van der Waals surface area contributed by atoms with E-state index in [1.165, 1.54) is 23.1 Å². The number of furan rings is 1. The lowest BCUT2D eigenvalue weighted by atomic mass is 9.96. The van der Waals surface area contributed by atoms with Gasteiger partial charge in [0.15, 0.2) is 15.1 Å². The summed E-state index contributed by atoms with van der Waals surface area (Å²) in [6, 6.07) is 10.8. The Kier molecular flexibility index (Phi) is 8.27. The Balaban J connectivity index is 1.60. The SMILES string of the molecule is CCOC(=O)C1=C(C)N=c2s/c(=C/c3cc(Br)c(Sc4nccc(C)n4)o3)c(=O)n2[C@@H]1c1ccc(SC)cc1. The van der Waals surface area contributed by atoms with Gasteiger partial charge < -0.3 is 9.15 Å². The van der Waals surface area contributed by atoms with Crippen LogP contribution in [0.4, 0.5) is 0 Å². The van der Waals surface area contributed by atoms with Crippen molar-refractivity contribution in [3.63, 3.8) is 0 Å². The smallest absolute Gasteiger partial charge is 0.338 e. The molecule has 39 heavy (non-hydrogen) atoms. The van der Waals surface area contributed by atoms with Crippen molar-refractivity contribution in [3.05, 3.63) is 95.0 Å². The number of carbonyl (C=O) groups is 1. The molecule has 200 valence electrons. The molecule has 0 saturated carbocycles. The lowest BCUT2D eigenvalue weighted by Gasteiger charge is -2.24. The predicted octanol–water partition coefficient (Wildman–Crippen LogP) is 5.13. The third-order valence-corrected chi connectivity index (χ3v) is 9.30. The second-order valence-corrected chi connectivity index (χ2v) is 12.1. The minimum Gasteiger partial charge on any atom is -0.463 e. The maximum absolute atomic E-state index is 13.8. The molecule has 0 amide bonds. The molecule has 0 spiro atoms. The number of thioether (sulfide) groups is 1. The van der Waals surface area contributed by atoms with E-state index in [0.717, 1.165) is 20.6 Å². The van der Waals surface area contributed by atoms with E-state index < -0.39 is 12.0 Å². The highest BCUT2D eigenvalue weighted by molar-refractivity contribution is 9.10. The summed E-state index contributed by atoms with van der Waals surface area (Å²) in [6.07, 6.45) is 5.38. The lowest BCUT2D eigenvalue weighted by Crippen LogP contribution is -2.39. The number of halogens is 1. The summed E-state index contributed by atoms with van der Waals surface area (Å²) in [5, 5.41) is 1.14. The van der Waals surface area contributed by atoms with E-state index in [4.69, 9.17) is 9.15 Å². The summed E-state index contributed by atoms with van der Waals surface area (Å²) in [6.45, 7) is 5.64. The Bertz CT molecular complexity index is 1770. The summed E-state index contributed by atoms with van der Waals surface area (Å²) in [5.74, 6) is 0.00599. The van der Waals surface area contributed by atoms with Crippen LogP contribution in [-0.2, 0) is 9.53 Å². The van der Waals surface area contributed by atoms with Crippen molar-refractivity contribution < 1.29 is 13.9 Å². The van der Waals surface area contributed by atoms with E-state index in [1.807, 2.05) is 43.5 Å². The first-order valence-corrected chi connectivity index (χ1v) is 15.5. The number of thiazole rings is 1. The van der Waals surface area contributed by atoms with Crippen LogP contribution < -0.4 is 14.9 Å². The molecule has 0 aliphatic carbocycles. The Morgan fingerprint density at radius 3 is 2.72 bits per heavy atom. The molecule has 3 aromatic heterocycles. The molecular weight excluding hydrogens is 620 g/mol. The molecule has 12 heteroatoms. The molecule has 1 aromatic carbocycles. The van der Waals surface area contributed by atoms with Crippen LogP contribution in [0.25, 0.3) is 6.08 Å². The van der Waals surface area contributed by atoms with Crippen LogP contribution in [0.1, 0.15) is 36.9 Å². The zero-order chi connectivity index (χ0) is 27.7. The second kappa shape index (κ2) is 11.7. The first-order chi connectivity index (χ1) is 18.8. The normalized spacial score (nSPS) is 15.3. The highest BCUT2D eigenvalue weighted by atomic mass is 79.9. The number of aromatic nitrogens is 3. The number of rotatable bonds is 7. The molecule has 8 nitrogen and oxygen atoms in total. The van der Waals surface area contributed by atoms with Gasteiger partial charge in [-0.15, -0.1) is 11.8 Å². The van der Waals surface area contributed by atoms with E-state index >= 15 is 0 Å². The first-order valence-electron chi connectivity index (χ1n) is 11.9. The standard InChI is InChI=1S/C27H23BrN4O4S3/c1-5-35-24(34)21-15(3)31-27-32(22(21)16-6-8-18(37-4)9-7-16)23(33)20(38-27)13-17-12-19(28)25(36-17)39-26-29-11-10-14(2)30-26/h6-13,22H,5H2,1-4H3/b20-13+/t22-/m1/s1. The molecule has 0 saturated heterocycles. The number of nitrogens with zero attached hydrogens (tertiary/aromatic N) is 4. The lowest BCUT2D eigenvalue weighted by molar-refractivity contribution is -0.139. The van der Waals surface area contributed by atoms with Crippen molar-refractivity contribution >= 4 is 62.8 Å². The van der Waals surface area contributed by atoms with E-state index in [9.17, 15) is 9.59 Å². The van der Waals surface area contributed by atoms with Gasteiger partial charge in [0, 0.05) is 22.9 Å². The Hall–Kier alpha value is -2.93. The summed E-state index contributed by atoms with van der Waals surface area (Å²) in [4.78, 5) is 41.7. The molecule has 0 bridgehead atoms. The average Bonchev–Trinajstić information content (AvgIpc) is 3.41. The molecule has 0 radical (unpaired) electrons. The number of fused-ring (bicyclic) bond motifs is 1. The van der Waals surface area contributed by atoms with Crippen LogP contribution >= 0.6 is 50.8 Å². The van der Waals surface area contributed by atoms with Crippen LogP contribution in [0.5, 0.6) is 0 Å². The molecule has 0 unspecified atom stereocenters. The largest absolute Gasteiger partial charge is 0.463 e. The Morgan fingerprint density at radius 1 is 1.26 bits per heavy atom. The summed E-state index contributed by atoms with van der Waals surface area (Å²) in [7, 11) is 0. The van der Waals surface area contributed by atoms with E-state index in [0.29, 0.717) is 36.6 Å². The number of hydrogen-bond acceptors (Lipinski definition) is 10. The predicted molar refractivity (Wildman–Crippen MR) is 156 cm³/mol. The second-order valence-electron chi connectivity index (χ2n) is 8.44. The Labute approximate surface area is 245 Å². The number of benzene rings is 1. The van der Waals surface area contributed by atoms with Gasteiger partial charge in [0.25, 0.3) is 5.56 Å². The number of allylic oxidation sites excluding steroid dienone is 1. The van der Waals surface area contributed by atoms with Crippen LogP contribution in [0.3, 0.4) is 0 Å². The van der Waals surface area contributed by atoms with E-state index in [1.54, 1.807) is 48.5 Å². The minimum absolute atomic E-state index is 0.222. The van der Waals surface area contributed by atoms with Crippen LogP contribution in [-0.4, -0.2) is 33.4 Å². The van der Waals surface area contributed by atoms with E-state index in [-0.39, 0.29) is 12.2 Å². The number of hydrogen-bond donors (Lipinski definition) is 0. The van der Waals surface area contributed by atoms with Crippen LogP contribution in [0.2, 0.25) is 0 Å². The highest BCUT2D eigenvalue weighted by Gasteiger charge is 2.33. The fraction of sp³-hybridized carbons (Fsp3) is 0.222. The number of carbonyl (C=O) groups excluding carboxylic acids is 1. The molecule has 1 atom stereocenters. The fourth-order valence-corrected chi connectivity index (χ4v) is 6.84. The molecule has 1 aliphatic heterocycles. The average molecular weight is 644 g/mol. The molecular formula is C27H23BrN4O4S3. The molecule has 0 N–H and O–H groups in total. The third kappa shape index (κ3) is 5.69. The van der Waals surface area contributed by atoms with Gasteiger partial charge in [-0.2, -0.15) is 0 Å². The summed E-state index contributed by atoms with van der Waals surface area (Å²) >= 11 is 7.68. The van der Waals surface area contributed by atoms with Gasteiger partial charge in [0.1, 0.15) is 5.76 Å². The third-order valence-electron chi connectivity index (χ3n) is 5.85. The highest BCUT2D eigenvalue weighted by Crippen LogP contribution is 2.35. The number of aryl methyl sites for hydroxylation is 1. The van der Waals surface area contributed by atoms with Crippen molar-refractivity contribution in [1.29, 1.82) is 0 Å². The van der Waals surface area contributed by atoms with E-state index in [2.05, 4.69) is 30.9 Å². The Morgan fingerprint density at radius 2 is 2.03 bits per heavy atom. The van der Waals surface area contributed by atoms with Crippen molar-refractivity contribution in [3.8, 4) is 0 Å². The van der Waals surface area contributed by atoms with Crippen molar-refractivity contribution in [2.24, 2.45) is 4.99 Å². The number of ether oxygens (including phenoxy) is 1. The molecule has 5 rings (SSSR count). The summed E-state index contributed by atoms with van der Waals surface area (Å²) in [5.41, 5.74) is 2.26. The van der Waals surface area contributed by atoms with Crippen LogP contribution in [0, 0.1) is 6.92 Å². The molecule has 0 fully saturated rings. The molecule has 4 aromatic rings. The number of esters is 1. The van der Waals surface area contributed by atoms with Gasteiger partial charge in [-0.1, -0.05) is 23.5 Å². The maximum Gasteiger partial charge on any atom is 0.338 e. The van der Waals surface area contributed by atoms with Crippen LogP contribution in [0.15, 0.2) is 87.7 Å². The monoisotopic (exact) mass is 642 g/mol. The minimum atomic E-state index is -0.661.